The summed E-state index contributed by atoms with van der Waals surface area (Å²) in [4.78, 5) is 0. The maximum Gasteiger partial charge on any atom is 0.460 e. The van der Waals surface area contributed by atoms with E-state index in [1.165, 1.54) is 0 Å². The molecule has 0 bridgehead atoms. The van der Waals surface area contributed by atoms with Crippen molar-refractivity contribution in [3.05, 3.63) is 0 Å². The molecule has 0 amide bonds. The molecule has 24 heteroatoms. The highest BCUT2D eigenvalue weighted by Gasteiger charge is 2.95. The average Bonchev–Trinajstić information content (AvgIpc) is 2.70. The first-order chi connectivity index (χ1) is 17.1. The molecule has 0 saturated heterocycles. The number of hydrogen-bond donors (Lipinski definition) is 4. The Morgan fingerprint density at radius 1 is 0.525 bits per heavy atom. The summed E-state index contributed by atoms with van der Waals surface area (Å²) in [5.41, 5.74) is -0.899. The van der Waals surface area contributed by atoms with E-state index in [0.29, 0.717) is 12.8 Å². The van der Waals surface area contributed by atoms with Crippen molar-refractivity contribution in [3.8, 4) is 0 Å². The summed E-state index contributed by atoms with van der Waals surface area (Å²) < 4.78 is 247. The van der Waals surface area contributed by atoms with Crippen LogP contribution in [-0.2, 0) is 10.1 Å². The fraction of sp³-hybridized carbons (Fsp3) is 1.00. The Morgan fingerprint density at radius 2 is 0.800 bits per heavy atom. The lowest BCUT2D eigenvalue weighted by molar-refractivity contribution is -0.461. The van der Waals surface area contributed by atoms with Gasteiger partial charge in [0.25, 0.3) is 10.1 Å². The molecule has 4 N–H and O–H groups in total. The Balaban J connectivity index is 0. The maximum absolute atomic E-state index is 13.3. The van der Waals surface area contributed by atoms with E-state index in [1.54, 1.807) is 6.92 Å². The van der Waals surface area contributed by atoms with Crippen molar-refractivity contribution in [3.63, 3.8) is 0 Å². The van der Waals surface area contributed by atoms with E-state index >= 15 is 0 Å². The van der Waals surface area contributed by atoms with Crippen LogP contribution < -0.4 is 0 Å². The van der Waals surface area contributed by atoms with Crippen LogP contribution in [0.3, 0.4) is 0 Å². The molecule has 0 aliphatic heterocycles. The summed E-state index contributed by atoms with van der Waals surface area (Å²) >= 11 is 0. The molecule has 0 saturated carbocycles. The monoisotopic (exact) mass is 662 g/mol. The second-order valence-electron chi connectivity index (χ2n) is 8.13. The molecular formula is C16H19F17O6S. The third-order valence-corrected chi connectivity index (χ3v) is 5.48. The van der Waals surface area contributed by atoms with Crippen LogP contribution in [0.5, 0.6) is 0 Å². The molecule has 40 heavy (non-hydrogen) atoms. The Hall–Kier alpha value is -1.40. The quantitative estimate of drug-likeness (QED) is 0.167. The molecule has 0 heterocycles. The molecule has 0 spiro atoms. The van der Waals surface area contributed by atoms with Gasteiger partial charge in [0.1, 0.15) is 0 Å². The number of halogens is 17. The van der Waals surface area contributed by atoms with Gasteiger partial charge in [0.05, 0.1) is 11.4 Å². The lowest BCUT2D eigenvalue weighted by Crippen LogP contribution is -2.74. The minimum Gasteiger partial charge on any atom is -0.396 e. The molecule has 0 aromatic carbocycles. The second-order valence-corrected chi connectivity index (χ2v) is 9.70. The van der Waals surface area contributed by atoms with Crippen LogP contribution in [0.15, 0.2) is 0 Å². The van der Waals surface area contributed by atoms with Crippen LogP contribution in [-0.4, -0.2) is 100 Å². The Bertz CT molecular complexity index is 923. The van der Waals surface area contributed by atoms with Crippen LogP contribution in [0.1, 0.15) is 26.2 Å². The zero-order chi connectivity index (χ0) is 33.2. The van der Waals surface area contributed by atoms with Crippen LogP contribution in [0.4, 0.5) is 74.6 Å². The van der Waals surface area contributed by atoms with E-state index in [-0.39, 0.29) is 13.2 Å². The first-order valence-electron chi connectivity index (χ1n) is 9.68. The Labute approximate surface area is 212 Å². The fourth-order valence-corrected chi connectivity index (χ4v) is 2.73. The average molecular weight is 662 g/mol. The van der Waals surface area contributed by atoms with E-state index in [0.717, 1.165) is 0 Å². The number of alkyl halides is 17. The van der Waals surface area contributed by atoms with Gasteiger partial charge in [-0.25, -0.2) is 0 Å². The third kappa shape index (κ3) is 7.91. The van der Waals surface area contributed by atoms with Crippen molar-refractivity contribution in [2.24, 2.45) is 0 Å². The molecule has 0 aromatic heterocycles. The van der Waals surface area contributed by atoms with Crippen molar-refractivity contribution in [2.45, 2.75) is 79.4 Å². The van der Waals surface area contributed by atoms with Gasteiger partial charge in [-0.2, -0.15) is 83.1 Å². The minimum atomic E-state index is -8.74. The summed E-state index contributed by atoms with van der Waals surface area (Å²) in [7, 11) is -5.72. The van der Waals surface area contributed by atoms with Crippen molar-refractivity contribution in [1.29, 1.82) is 0 Å². The topological polar surface area (TPSA) is 115 Å². The van der Waals surface area contributed by atoms with Gasteiger partial charge in [-0.15, -0.1) is 0 Å². The molecule has 244 valence electrons. The van der Waals surface area contributed by atoms with Gasteiger partial charge >= 0.3 is 47.6 Å². The van der Waals surface area contributed by atoms with Gasteiger partial charge in [0.15, 0.2) is 0 Å². The molecule has 0 radical (unpaired) electrons. The van der Waals surface area contributed by atoms with Gasteiger partial charge in [-0.3, -0.25) is 4.55 Å². The standard InChI is InChI=1S/C10H5F17O3S.C6H14O3/c11-3(12,1-2-31(28,29)30)4(13,14)5(15,16)6(17,18)7(19,20)8(21,22)9(23,24)10(25,26)27;1-6(9,2-4-7)3-5-8/h1-2H2,(H,28,29,30);7-9H,2-5H2,1H3. The zero-order valence-electron chi connectivity index (χ0n) is 19.2. The molecule has 0 aliphatic rings. The smallest absolute Gasteiger partial charge is 0.396 e. The zero-order valence-corrected chi connectivity index (χ0v) is 20.0. The first-order valence-corrected chi connectivity index (χ1v) is 11.3. The molecule has 6 nitrogen and oxygen atoms in total. The summed E-state index contributed by atoms with van der Waals surface area (Å²) in [6.45, 7) is 1.53. The number of aliphatic hydroxyl groups excluding tert-OH is 2. The van der Waals surface area contributed by atoms with Crippen molar-refractivity contribution < 1.29 is 103 Å². The molecule has 0 rings (SSSR count). The van der Waals surface area contributed by atoms with Crippen LogP contribution in [0.2, 0.25) is 0 Å². The van der Waals surface area contributed by atoms with Gasteiger partial charge in [0, 0.05) is 19.6 Å². The van der Waals surface area contributed by atoms with Gasteiger partial charge in [-0.05, 0) is 19.8 Å². The molecule has 0 atom stereocenters. The van der Waals surface area contributed by atoms with E-state index in [2.05, 4.69) is 0 Å². The maximum atomic E-state index is 13.3. The summed E-state index contributed by atoms with van der Waals surface area (Å²) in [5, 5.41) is 26.0. The van der Waals surface area contributed by atoms with Gasteiger partial charge in [-0.1, -0.05) is 0 Å². The highest BCUT2D eigenvalue weighted by atomic mass is 32.2. The Morgan fingerprint density at radius 3 is 1.05 bits per heavy atom. The summed E-state index contributed by atoms with van der Waals surface area (Å²) in [6, 6.07) is 0. The predicted octanol–water partition coefficient (Wildman–Crippen LogP) is 4.78. The number of hydrogen-bond acceptors (Lipinski definition) is 5. The molecule has 0 fully saturated rings. The largest absolute Gasteiger partial charge is 0.460 e. The van der Waals surface area contributed by atoms with Crippen molar-refractivity contribution in [2.75, 3.05) is 19.0 Å². The van der Waals surface area contributed by atoms with E-state index in [4.69, 9.17) is 14.8 Å². The molecule has 0 aliphatic carbocycles. The summed E-state index contributed by atoms with van der Waals surface area (Å²) in [6.07, 6.45) is -10.4. The highest BCUT2D eigenvalue weighted by molar-refractivity contribution is 7.85. The Kier molecular flexibility index (Phi) is 12.3. The van der Waals surface area contributed by atoms with E-state index < -0.39 is 75.5 Å². The van der Waals surface area contributed by atoms with Crippen LogP contribution in [0, 0.1) is 0 Å². The summed E-state index contributed by atoms with van der Waals surface area (Å²) in [5.74, 6) is -60.2. The van der Waals surface area contributed by atoms with E-state index in [9.17, 15) is 88.2 Å². The molecular weight excluding hydrogens is 643 g/mol. The predicted molar refractivity (Wildman–Crippen MR) is 95.7 cm³/mol. The fourth-order valence-electron chi connectivity index (χ4n) is 2.22. The van der Waals surface area contributed by atoms with Crippen LogP contribution in [0.25, 0.3) is 0 Å². The lowest BCUT2D eigenvalue weighted by Gasteiger charge is -2.42. The number of aliphatic hydroxyl groups is 3. The van der Waals surface area contributed by atoms with E-state index in [1.807, 2.05) is 0 Å². The third-order valence-electron chi connectivity index (χ3n) is 4.76. The van der Waals surface area contributed by atoms with Gasteiger partial charge in [0.2, 0.25) is 0 Å². The minimum absolute atomic E-state index is 0.0347. The molecule has 0 unspecified atom stereocenters. The normalized spacial score (nSPS) is 15.6. The highest BCUT2D eigenvalue weighted by Crippen LogP contribution is 2.64. The SMILES string of the molecule is CC(O)(CCO)CCO.O=S(=O)(O)CCC(F)(F)C(F)(F)C(F)(F)C(F)(F)C(F)(F)C(F)(F)C(F)(F)C(F)(F)F. The number of rotatable bonds is 13. The first kappa shape index (κ1) is 40.7. The van der Waals surface area contributed by atoms with Gasteiger partial charge < -0.3 is 15.3 Å². The second kappa shape index (κ2) is 12.1. The van der Waals surface area contributed by atoms with Crippen molar-refractivity contribution in [1.82, 2.24) is 0 Å². The van der Waals surface area contributed by atoms with Crippen molar-refractivity contribution >= 4 is 10.1 Å². The lowest BCUT2D eigenvalue weighted by atomic mass is 9.88. The van der Waals surface area contributed by atoms with Crippen LogP contribution >= 0.6 is 0 Å². The molecule has 0 aromatic rings.